The van der Waals surface area contributed by atoms with Crippen LogP contribution in [0.3, 0.4) is 0 Å². The van der Waals surface area contributed by atoms with Crippen LogP contribution in [0.4, 0.5) is 0 Å². The molecular weight excluding hydrogens is 200 g/mol. The second kappa shape index (κ2) is 9.97. The van der Waals surface area contributed by atoms with E-state index in [1.807, 2.05) is 27.7 Å². The quantitative estimate of drug-likeness (QED) is 0.564. The Kier molecular flexibility index (Phi) is 10.5. The van der Waals surface area contributed by atoms with Crippen molar-refractivity contribution in [1.82, 2.24) is 0 Å². The predicted molar refractivity (Wildman–Crippen MR) is 70.4 cm³/mol. The minimum Gasteiger partial charge on any atom is -0.478 e. The smallest absolute Gasteiger partial charge is 0.331 e. The molecule has 0 fully saturated rings. The minimum absolute atomic E-state index is 0.0126. The van der Waals surface area contributed by atoms with Crippen LogP contribution in [0.25, 0.3) is 0 Å². The third-order valence-electron chi connectivity index (χ3n) is 1.66. The zero-order chi connectivity index (χ0) is 13.1. The van der Waals surface area contributed by atoms with Gasteiger partial charge in [-0.1, -0.05) is 59.1 Å². The van der Waals surface area contributed by atoms with E-state index in [0.717, 1.165) is 0 Å². The van der Waals surface area contributed by atoms with Crippen LogP contribution in [-0.2, 0) is 4.79 Å². The molecule has 0 radical (unpaired) electrons. The lowest BCUT2D eigenvalue weighted by atomic mass is 10.0. The maximum atomic E-state index is 10.8. The van der Waals surface area contributed by atoms with Crippen molar-refractivity contribution >= 4 is 5.97 Å². The first-order chi connectivity index (χ1) is 7.49. The fourth-order valence-electron chi connectivity index (χ4n) is 0.915. The Morgan fingerprint density at radius 3 is 2.12 bits per heavy atom. The lowest BCUT2D eigenvalue weighted by molar-refractivity contribution is -0.133. The molecule has 0 bridgehead atoms. The highest BCUT2D eigenvalue weighted by molar-refractivity contribution is 5.87. The summed E-state index contributed by atoms with van der Waals surface area (Å²) in [6, 6.07) is 0. The molecule has 0 aliphatic heterocycles. The van der Waals surface area contributed by atoms with Gasteiger partial charge in [-0.2, -0.15) is 0 Å². The number of aliphatic carboxylic acids is 1. The van der Waals surface area contributed by atoms with E-state index in [-0.39, 0.29) is 5.92 Å². The summed E-state index contributed by atoms with van der Waals surface area (Å²) in [5.74, 6) is -0.908. The molecule has 0 aromatic rings. The van der Waals surface area contributed by atoms with Crippen molar-refractivity contribution in [2.24, 2.45) is 5.92 Å². The van der Waals surface area contributed by atoms with Crippen molar-refractivity contribution in [1.29, 1.82) is 0 Å². The number of carbonyl (C=O) groups is 1. The first kappa shape index (κ1) is 16.8. The van der Waals surface area contributed by atoms with E-state index in [0.29, 0.717) is 11.1 Å². The Bertz CT molecular complexity index is 294. The average molecular weight is 222 g/mol. The first-order valence-electron chi connectivity index (χ1n) is 5.42. The van der Waals surface area contributed by atoms with Crippen LogP contribution in [0.1, 0.15) is 27.7 Å². The zero-order valence-corrected chi connectivity index (χ0v) is 10.7. The molecule has 1 N–H and O–H groups in total. The van der Waals surface area contributed by atoms with Gasteiger partial charge in [0, 0.05) is 5.57 Å². The van der Waals surface area contributed by atoms with Crippen molar-refractivity contribution in [3.8, 4) is 0 Å². The highest BCUT2D eigenvalue weighted by atomic mass is 16.4. The highest BCUT2D eigenvalue weighted by Gasteiger charge is 2.10. The molecule has 0 aliphatic carbocycles. The Hall–Kier alpha value is -1.57. The van der Waals surface area contributed by atoms with Gasteiger partial charge in [-0.05, 0) is 17.6 Å². The van der Waals surface area contributed by atoms with Gasteiger partial charge in [-0.15, -0.1) is 0 Å². The van der Waals surface area contributed by atoms with Gasteiger partial charge in [0.15, 0.2) is 0 Å². The summed E-state index contributed by atoms with van der Waals surface area (Å²) in [5.41, 5.74) is 1.03. The molecule has 0 rings (SSSR count). The Morgan fingerprint density at radius 1 is 1.31 bits per heavy atom. The third kappa shape index (κ3) is 7.80. The number of hydrogen-bond donors (Lipinski definition) is 1. The summed E-state index contributed by atoms with van der Waals surface area (Å²) in [6.45, 7) is 14.9. The molecule has 0 saturated carbocycles. The van der Waals surface area contributed by atoms with Crippen LogP contribution in [0.5, 0.6) is 0 Å². The monoisotopic (exact) mass is 222 g/mol. The molecule has 0 unspecified atom stereocenters. The topological polar surface area (TPSA) is 37.3 Å². The summed E-state index contributed by atoms with van der Waals surface area (Å²) in [4.78, 5) is 10.8. The van der Waals surface area contributed by atoms with Gasteiger partial charge in [0.2, 0.25) is 0 Å². The largest absolute Gasteiger partial charge is 0.478 e. The maximum Gasteiger partial charge on any atom is 0.331 e. The van der Waals surface area contributed by atoms with Crippen molar-refractivity contribution in [2.75, 3.05) is 0 Å². The molecule has 0 amide bonds. The standard InChI is InChI=1S/C12H16O2.C2H6/c1-5-6-7-10(4)8-11(9(2)3)12(13)14;1-2/h5-9H,1,4H2,2-3H3,(H,13,14);1-2H3/b7-6-,11-8-;. The summed E-state index contributed by atoms with van der Waals surface area (Å²) >= 11 is 0. The molecule has 0 aliphatic rings. The summed E-state index contributed by atoms with van der Waals surface area (Å²) in [7, 11) is 0. The van der Waals surface area contributed by atoms with Gasteiger partial charge in [0.1, 0.15) is 0 Å². The minimum atomic E-state index is -0.895. The second-order valence-corrected chi connectivity index (χ2v) is 3.23. The van der Waals surface area contributed by atoms with Crippen LogP contribution >= 0.6 is 0 Å². The molecule has 0 atom stereocenters. The molecule has 2 nitrogen and oxygen atoms in total. The SMILES string of the molecule is C=C/C=C\C(=C)/C=C(\C(=O)O)C(C)C.CC. The van der Waals surface area contributed by atoms with Gasteiger partial charge in [-0.25, -0.2) is 4.79 Å². The lowest BCUT2D eigenvalue weighted by Crippen LogP contribution is -2.07. The fourth-order valence-corrected chi connectivity index (χ4v) is 0.915. The number of carboxylic acids is 1. The summed E-state index contributed by atoms with van der Waals surface area (Å²) in [5, 5.41) is 8.86. The summed E-state index contributed by atoms with van der Waals surface area (Å²) < 4.78 is 0. The maximum absolute atomic E-state index is 10.8. The first-order valence-corrected chi connectivity index (χ1v) is 5.42. The van der Waals surface area contributed by atoms with Gasteiger partial charge >= 0.3 is 5.97 Å². The zero-order valence-electron chi connectivity index (χ0n) is 10.7. The number of rotatable bonds is 5. The number of carboxylic acid groups (broad SMARTS) is 1. The van der Waals surface area contributed by atoms with Crippen LogP contribution < -0.4 is 0 Å². The number of allylic oxidation sites excluding steroid dienone is 5. The molecule has 0 aromatic heterocycles. The van der Waals surface area contributed by atoms with Crippen molar-refractivity contribution in [3.63, 3.8) is 0 Å². The third-order valence-corrected chi connectivity index (χ3v) is 1.66. The van der Waals surface area contributed by atoms with Crippen LogP contribution in [0.2, 0.25) is 0 Å². The van der Waals surface area contributed by atoms with Crippen LogP contribution in [-0.4, -0.2) is 11.1 Å². The molecule has 0 saturated heterocycles. The van der Waals surface area contributed by atoms with Gasteiger partial charge in [0.25, 0.3) is 0 Å². The van der Waals surface area contributed by atoms with Crippen LogP contribution in [0.15, 0.2) is 48.6 Å². The van der Waals surface area contributed by atoms with E-state index < -0.39 is 5.97 Å². The van der Waals surface area contributed by atoms with Crippen molar-refractivity contribution in [3.05, 3.63) is 48.6 Å². The molecule has 2 heteroatoms. The van der Waals surface area contributed by atoms with Gasteiger partial charge in [0.05, 0.1) is 0 Å². The van der Waals surface area contributed by atoms with E-state index in [1.165, 1.54) is 0 Å². The number of hydrogen-bond acceptors (Lipinski definition) is 1. The predicted octanol–water partition coefficient (Wildman–Crippen LogP) is 3.98. The van der Waals surface area contributed by atoms with Gasteiger partial charge < -0.3 is 5.11 Å². The molecule has 0 spiro atoms. The van der Waals surface area contributed by atoms with E-state index >= 15 is 0 Å². The van der Waals surface area contributed by atoms with E-state index in [4.69, 9.17) is 5.11 Å². The molecule has 0 heterocycles. The van der Waals surface area contributed by atoms with Crippen molar-refractivity contribution in [2.45, 2.75) is 27.7 Å². The fraction of sp³-hybridized carbons (Fsp3) is 0.357. The Labute approximate surface area is 98.7 Å². The molecule has 0 aromatic carbocycles. The molecular formula is C14H22O2. The molecule has 16 heavy (non-hydrogen) atoms. The average Bonchev–Trinajstić information content (AvgIpc) is 2.25. The van der Waals surface area contributed by atoms with Crippen LogP contribution in [0, 0.1) is 5.92 Å². The Morgan fingerprint density at radius 2 is 1.81 bits per heavy atom. The normalized spacial score (nSPS) is 10.9. The van der Waals surface area contributed by atoms with E-state index in [1.54, 1.807) is 24.3 Å². The van der Waals surface area contributed by atoms with Crippen molar-refractivity contribution < 1.29 is 9.90 Å². The van der Waals surface area contributed by atoms with E-state index in [2.05, 4.69) is 13.2 Å². The second-order valence-electron chi connectivity index (χ2n) is 3.23. The van der Waals surface area contributed by atoms with E-state index in [9.17, 15) is 4.79 Å². The van der Waals surface area contributed by atoms with Gasteiger partial charge in [-0.3, -0.25) is 0 Å². The lowest BCUT2D eigenvalue weighted by Gasteiger charge is -2.05. The molecule has 90 valence electrons. The highest BCUT2D eigenvalue weighted by Crippen LogP contribution is 2.12. The Balaban J connectivity index is 0. The summed E-state index contributed by atoms with van der Waals surface area (Å²) in [6.07, 6.45) is 6.64.